The Labute approximate surface area is 77.8 Å². The number of carbonyl (C=O) groups is 1. The molecule has 0 aromatic carbocycles. The van der Waals surface area contributed by atoms with E-state index in [9.17, 15) is 4.79 Å². The Hall–Kier alpha value is -1.08. The Kier molecular flexibility index (Phi) is 2.89. The number of nitriles is 1. The standard InChI is InChI=1S/C9H14N2O2/c1-11(6-8(12)13)7-9(2-3-9)4-5-10/h2-4,6-7H2,1H3,(H,12,13). The highest BCUT2D eigenvalue weighted by atomic mass is 16.4. The van der Waals surface area contributed by atoms with Crippen molar-refractivity contribution in [2.75, 3.05) is 20.1 Å². The zero-order chi connectivity index (χ0) is 9.90. The topological polar surface area (TPSA) is 64.3 Å². The van der Waals surface area contributed by atoms with Gasteiger partial charge in [-0.2, -0.15) is 5.26 Å². The lowest BCUT2D eigenvalue weighted by Gasteiger charge is -2.19. The lowest BCUT2D eigenvalue weighted by atomic mass is 10.0. The van der Waals surface area contributed by atoms with Crippen molar-refractivity contribution in [3.05, 3.63) is 0 Å². The third kappa shape index (κ3) is 3.03. The van der Waals surface area contributed by atoms with Gasteiger partial charge in [-0.3, -0.25) is 9.69 Å². The van der Waals surface area contributed by atoms with Crippen molar-refractivity contribution in [2.45, 2.75) is 19.3 Å². The molecule has 1 saturated carbocycles. The molecule has 1 rings (SSSR count). The minimum Gasteiger partial charge on any atom is -0.480 e. The predicted molar refractivity (Wildman–Crippen MR) is 47.0 cm³/mol. The molecule has 0 atom stereocenters. The molecule has 4 nitrogen and oxygen atoms in total. The molecule has 0 aromatic heterocycles. The summed E-state index contributed by atoms with van der Waals surface area (Å²) in [6.07, 6.45) is 2.67. The Bertz CT molecular complexity index is 240. The SMILES string of the molecule is CN(CC(=O)O)CC1(CC#N)CC1. The van der Waals surface area contributed by atoms with Crippen LogP contribution in [0, 0.1) is 16.7 Å². The van der Waals surface area contributed by atoms with E-state index in [0.29, 0.717) is 6.42 Å². The van der Waals surface area contributed by atoms with Crippen LogP contribution >= 0.6 is 0 Å². The van der Waals surface area contributed by atoms with Crippen LogP contribution in [-0.2, 0) is 4.79 Å². The first-order valence-corrected chi connectivity index (χ1v) is 4.35. The zero-order valence-electron chi connectivity index (χ0n) is 7.79. The number of aliphatic carboxylic acids is 1. The number of hydrogen-bond donors (Lipinski definition) is 1. The molecule has 0 aliphatic heterocycles. The van der Waals surface area contributed by atoms with Gasteiger partial charge in [0.2, 0.25) is 0 Å². The Morgan fingerprint density at radius 3 is 2.69 bits per heavy atom. The lowest BCUT2D eigenvalue weighted by Crippen LogP contribution is -2.31. The van der Waals surface area contributed by atoms with E-state index >= 15 is 0 Å². The fourth-order valence-corrected chi connectivity index (χ4v) is 1.59. The summed E-state index contributed by atoms with van der Waals surface area (Å²) < 4.78 is 0. The minimum absolute atomic E-state index is 0.0627. The van der Waals surface area contributed by atoms with Gasteiger partial charge in [0.05, 0.1) is 12.6 Å². The van der Waals surface area contributed by atoms with Crippen LogP contribution in [0.1, 0.15) is 19.3 Å². The van der Waals surface area contributed by atoms with Crippen molar-refractivity contribution in [1.82, 2.24) is 4.90 Å². The molecule has 0 radical (unpaired) electrons. The maximum atomic E-state index is 10.4. The van der Waals surface area contributed by atoms with Gasteiger partial charge in [0.1, 0.15) is 0 Å². The van der Waals surface area contributed by atoms with Crippen molar-refractivity contribution in [1.29, 1.82) is 5.26 Å². The van der Waals surface area contributed by atoms with Gasteiger partial charge in [-0.05, 0) is 25.3 Å². The van der Waals surface area contributed by atoms with Crippen LogP contribution in [0.25, 0.3) is 0 Å². The van der Waals surface area contributed by atoms with Crippen molar-refractivity contribution < 1.29 is 9.90 Å². The second-order valence-corrected chi connectivity index (χ2v) is 3.90. The molecule has 4 heteroatoms. The summed E-state index contributed by atoms with van der Waals surface area (Å²) in [6.45, 7) is 0.792. The molecule has 0 unspecified atom stereocenters. The maximum absolute atomic E-state index is 10.4. The number of carboxylic acid groups (broad SMARTS) is 1. The fourth-order valence-electron chi connectivity index (χ4n) is 1.59. The van der Waals surface area contributed by atoms with Crippen molar-refractivity contribution in [2.24, 2.45) is 5.41 Å². The third-order valence-electron chi connectivity index (χ3n) is 2.42. The molecule has 0 bridgehead atoms. The molecule has 1 fully saturated rings. The predicted octanol–water partition coefficient (Wildman–Crippen LogP) is 0.697. The van der Waals surface area contributed by atoms with Crippen LogP contribution in [0.3, 0.4) is 0 Å². The van der Waals surface area contributed by atoms with Gasteiger partial charge < -0.3 is 5.11 Å². The van der Waals surface area contributed by atoms with Gasteiger partial charge in [-0.1, -0.05) is 0 Å². The second kappa shape index (κ2) is 3.75. The van der Waals surface area contributed by atoms with E-state index in [1.807, 2.05) is 0 Å². The van der Waals surface area contributed by atoms with E-state index in [1.165, 1.54) is 0 Å². The summed E-state index contributed by atoms with van der Waals surface area (Å²) in [6, 6.07) is 2.16. The lowest BCUT2D eigenvalue weighted by molar-refractivity contribution is -0.138. The molecule has 0 saturated heterocycles. The van der Waals surface area contributed by atoms with Crippen LogP contribution in [0.15, 0.2) is 0 Å². The third-order valence-corrected chi connectivity index (χ3v) is 2.42. The summed E-state index contributed by atoms with van der Waals surface area (Å²) in [5.41, 5.74) is 0.110. The van der Waals surface area contributed by atoms with Crippen LogP contribution in [0.2, 0.25) is 0 Å². The van der Waals surface area contributed by atoms with E-state index in [4.69, 9.17) is 10.4 Å². The average molecular weight is 182 g/mol. The number of hydrogen-bond acceptors (Lipinski definition) is 3. The quantitative estimate of drug-likeness (QED) is 0.679. The summed E-state index contributed by atoms with van der Waals surface area (Å²) in [4.78, 5) is 12.1. The van der Waals surface area contributed by atoms with Crippen LogP contribution in [0.4, 0.5) is 0 Å². The van der Waals surface area contributed by atoms with Gasteiger partial charge in [0, 0.05) is 13.0 Å². The number of rotatable bonds is 5. The zero-order valence-corrected chi connectivity index (χ0v) is 7.79. The Morgan fingerprint density at radius 2 is 2.31 bits per heavy atom. The highest BCUT2D eigenvalue weighted by Gasteiger charge is 2.43. The van der Waals surface area contributed by atoms with E-state index in [0.717, 1.165) is 19.4 Å². The fraction of sp³-hybridized carbons (Fsp3) is 0.778. The second-order valence-electron chi connectivity index (χ2n) is 3.90. The first-order valence-electron chi connectivity index (χ1n) is 4.35. The molecule has 0 amide bonds. The first-order chi connectivity index (χ1) is 6.08. The number of likely N-dealkylation sites (N-methyl/N-ethyl adjacent to an activating group) is 1. The van der Waals surface area contributed by atoms with Gasteiger partial charge in [0.15, 0.2) is 0 Å². The molecule has 1 N–H and O–H groups in total. The number of nitrogens with zero attached hydrogens (tertiary/aromatic N) is 2. The average Bonchev–Trinajstić information content (AvgIpc) is 2.67. The maximum Gasteiger partial charge on any atom is 0.317 e. The Morgan fingerprint density at radius 1 is 1.69 bits per heavy atom. The van der Waals surface area contributed by atoms with Crippen molar-refractivity contribution >= 4 is 5.97 Å². The molecule has 13 heavy (non-hydrogen) atoms. The Balaban J connectivity index is 2.32. The summed E-state index contributed by atoms with van der Waals surface area (Å²) >= 11 is 0. The van der Waals surface area contributed by atoms with E-state index in [2.05, 4.69) is 6.07 Å². The molecule has 1 aliphatic rings. The van der Waals surface area contributed by atoms with Crippen molar-refractivity contribution in [3.8, 4) is 6.07 Å². The highest BCUT2D eigenvalue weighted by molar-refractivity contribution is 5.69. The normalized spacial score (nSPS) is 18.2. The van der Waals surface area contributed by atoms with E-state index in [1.54, 1.807) is 11.9 Å². The van der Waals surface area contributed by atoms with Crippen molar-refractivity contribution in [3.63, 3.8) is 0 Å². The van der Waals surface area contributed by atoms with Gasteiger partial charge in [-0.25, -0.2) is 0 Å². The smallest absolute Gasteiger partial charge is 0.317 e. The van der Waals surface area contributed by atoms with Gasteiger partial charge in [0.25, 0.3) is 0 Å². The van der Waals surface area contributed by atoms with Gasteiger partial charge in [-0.15, -0.1) is 0 Å². The molecule has 72 valence electrons. The first kappa shape index (κ1) is 10.0. The summed E-state index contributed by atoms with van der Waals surface area (Å²) in [5.74, 6) is -0.810. The molecule has 1 aliphatic carbocycles. The molecule has 0 aromatic rings. The minimum atomic E-state index is -0.810. The summed E-state index contributed by atoms with van der Waals surface area (Å²) in [5, 5.41) is 17.1. The van der Waals surface area contributed by atoms with E-state index < -0.39 is 5.97 Å². The molecular formula is C9H14N2O2. The molecule has 0 heterocycles. The largest absolute Gasteiger partial charge is 0.480 e. The monoisotopic (exact) mass is 182 g/mol. The summed E-state index contributed by atoms with van der Waals surface area (Å²) in [7, 11) is 1.78. The highest BCUT2D eigenvalue weighted by Crippen LogP contribution is 2.48. The number of carboxylic acids is 1. The van der Waals surface area contributed by atoms with Crippen LogP contribution < -0.4 is 0 Å². The molecular weight excluding hydrogens is 168 g/mol. The van der Waals surface area contributed by atoms with Crippen LogP contribution in [-0.4, -0.2) is 36.1 Å². The van der Waals surface area contributed by atoms with Gasteiger partial charge >= 0.3 is 5.97 Å². The van der Waals surface area contributed by atoms with E-state index in [-0.39, 0.29) is 12.0 Å². The van der Waals surface area contributed by atoms with Crippen LogP contribution in [0.5, 0.6) is 0 Å². The molecule has 0 spiro atoms.